The molecule has 1 aliphatic rings. The molecular weight excluding hydrogens is 370 g/mol. The molecule has 0 aromatic heterocycles. The molecule has 6 heteroatoms. The van der Waals surface area contributed by atoms with Crippen LogP contribution in [0.3, 0.4) is 0 Å². The highest BCUT2D eigenvalue weighted by atomic mass is 79.9. The van der Waals surface area contributed by atoms with Gasteiger partial charge >= 0.3 is 0 Å². The fourth-order valence-corrected chi connectivity index (χ4v) is 3.24. The minimum atomic E-state index is 0.0689. The van der Waals surface area contributed by atoms with Crippen molar-refractivity contribution in [3.8, 4) is 0 Å². The van der Waals surface area contributed by atoms with Gasteiger partial charge in [0.05, 0.1) is 6.54 Å². The Morgan fingerprint density at radius 2 is 1.71 bits per heavy atom. The summed E-state index contributed by atoms with van der Waals surface area (Å²) in [5.74, 6) is 0.243. The van der Waals surface area contributed by atoms with Gasteiger partial charge in [-0.25, -0.2) is 0 Å². The molecule has 0 radical (unpaired) electrons. The molecule has 2 rings (SSSR count). The zero-order chi connectivity index (χ0) is 17.5. The standard InChI is InChI=1S/C18H26BrN3O2/c1-3-21(4-2)17(23)14-20-10-5-11-22(13-12-20)18(24)15-6-8-16(19)9-7-15/h6-9H,3-5,10-14H2,1-2H3. The highest BCUT2D eigenvalue weighted by Gasteiger charge is 2.22. The number of hydrogen-bond donors (Lipinski definition) is 0. The van der Waals surface area contributed by atoms with Gasteiger partial charge in [0.15, 0.2) is 0 Å². The first kappa shape index (κ1) is 18.9. The molecule has 2 amide bonds. The van der Waals surface area contributed by atoms with Crippen LogP contribution in [0.4, 0.5) is 0 Å². The highest BCUT2D eigenvalue weighted by Crippen LogP contribution is 2.14. The second-order valence-corrected chi connectivity index (χ2v) is 6.91. The second-order valence-electron chi connectivity index (χ2n) is 5.99. The molecule has 24 heavy (non-hydrogen) atoms. The van der Waals surface area contributed by atoms with E-state index in [1.807, 2.05) is 47.9 Å². The van der Waals surface area contributed by atoms with E-state index in [-0.39, 0.29) is 11.8 Å². The van der Waals surface area contributed by atoms with E-state index in [0.717, 1.165) is 43.6 Å². The number of likely N-dealkylation sites (N-methyl/N-ethyl adjacent to an activating group) is 1. The second kappa shape index (κ2) is 9.18. The average molecular weight is 396 g/mol. The number of benzene rings is 1. The molecule has 1 aromatic rings. The van der Waals surface area contributed by atoms with Crippen LogP contribution in [0.5, 0.6) is 0 Å². The molecule has 1 aliphatic heterocycles. The van der Waals surface area contributed by atoms with Gasteiger partial charge in [0.1, 0.15) is 0 Å². The molecule has 1 heterocycles. The van der Waals surface area contributed by atoms with Crippen LogP contribution >= 0.6 is 15.9 Å². The first-order valence-electron chi connectivity index (χ1n) is 8.60. The lowest BCUT2D eigenvalue weighted by Gasteiger charge is -2.25. The van der Waals surface area contributed by atoms with Crippen molar-refractivity contribution in [2.45, 2.75) is 20.3 Å². The van der Waals surface area contributed by atoms with Crippen LogP contribution in [0.25, 0.3) is 0 Å². The van der Waals surface area contributed by atoms with Crippen LogP contribution in [-0.4, -0.2) is 72.3 Å². The van der Waals surface area contributed by atoms with Crippen molar-refractivity contribution in [2.75, 3.05) is 45.8 Å². The SMILES string of the molecule is CCN(CC)C(=O)CN1CCCN(C(=O)c2ccc(Br)cc2)CC1. The fourth-order valence-electron chi connectivity index (χ4n) is 2.97. The predicted molar refractivity (Wildman–Crippen MR) is 99.0 cm³/mol. The molecule has 1 saturated heterocycles. The average Bonchev–Trinajstić information content (AvgIpc) is 2.81. The molecule has 0 spiro atoms. The Balaban J connectivity index is 1.91. The Labute approximate surface area is 152 Å². The lowest BCUT2D eigenvalue weighted by molar-refractivity contribution is -0.132. The minimum absolute atomic E-state index is 0.0689. The lowest BCUT2D eigenvalue weighted by atomic mass is 10.2. The van der Waals surface area contributed by atoms with E-state index < -0.39 is 0 Å². The largest absolute Gasteiger partial charge is 0.342 e. The summed E-state index contributed by atoms with van der Waals surface area (Å²) in [6.45, 7) is 8.96. The van der Waals surface area contributed by atoms with Gasteiger partial charge in [0.25, 0.3) is 5.91 Å². The van der Waals surface area contributed by atoms with Gasteiger partial charge in [0, 0.05) is 49.3 Å². The van der Waals surface area contributed by atoms with E-state index in [1.165, 1.54) is 0 Å². The van der Waals surface area contributed by atoms with Gasteiger partial charge in [0.2, 0.25) is 5.91 Å². The number of nitrogens with zero attached hydrogens (tertiary/aromatic N) is 3. The summed E-state index contributed by atoms with van der Waals surface area (Å²) in [5, 5.41) is 0. The van der Waals surface area contributed by atoms with E-state index >= 15 is 0 Å². The monoisotopic (exact) mass is 395 g/mol. The number of rotatable bonds is 5. The van der Waals surface area contributed by atoms with Crippen molar-refractivity contribution < 1.29 is 9.59 Å². The Kier molecular flexibility index (Phi) is 7.24. The smallest absolute Gasteiger partial charge is 0.253 e. The van der Waals surface area contributed by atoms with E-state index in [0.29, 0.717) is 18.7 Å². The van der Waals surface area contributed by atoms with E-state index in [4.69, 9.17) is 0 Å². The summed E-state index contributed by atoms with van der Waals surface area (Å²) in [5.41, 5.74) is 0.714. The molecule has 1 aromatic carbocycles. The third-order valence-corrected chi connectivity index (χ3v) is 4.97. The molecule has 0 aliphatic carbocycles. The Bertz CT molecular complexity index is 558. The van der Waals surface area contributed by atoms with Crippen molar-refractivity contribution in [3.05, 3.63) is 34.3 Å². The van der Waals surface area contributed by atoms with E-state index in [1.54, 1.807) is 0 Å². The van der Waals surface area contributed by atoms with Crippen molar-refractivity contribution in [2.24, 2.45) is 0 Å². The zero-order valence-corrected chi connectivity index (χ0v) is 16.1. The first-order valence-corrected chi connectivity index (χ1v) is 9.39. The third-order valence-electron chi connectivity index (χ3n) is 4.44. The third kappa shape index (κ3) is 5.05. The molecule has 0 unspecified atom stereocenters. The number of carbonyl (C=O) groups is 2. The van der Waals surface area contributed by atoms with Crippen LogP contribution < -0.4 is 0 Å². The summed E-state index contributed by atoms with van der Waals surface area (Å²) in [7, 11) is 0. The molecule has 0 atom stereocenters. The van der Waals surface area contributed by atoms with Crippen LogP contribution in [0.15, 0.2) is 28.7 Å². The predicted octanol–water partition coefficient (Wildman–Crippen LogP) is 2.47. The zero-order valence-electron chi connectivity index (χ0n) is 14.5. The highest BCUT2D eigenvalue weighted by molar-refractivity contribution is 9.10. The Morgan fingerprint density at radius 3 is 2.33 bits per heavy atom. The van der Waals surface area contributed by atoms with Gasteiger partial charge in [-0.2, -0.15) is 0 Å². The normalized spacial score (nSPS) is 15.9. The Morgan fingerprint density at radius 1 is 1.04 bits per heavy atom. The maximum atomic E-state index is 12.6. The van der Waals surface area contributed by atoms with Gasteiger partial charge < -0.3 is 9.80 Å². The number of amides is 2. The number of hydrogen-bond acceptors (Lipinski definition) is 3. The van der Waals surface area contributed by atoms with Gasteiger partial charge in [-0.3, -0.25) is 14.5 Å². The molecule has 0 N–H and O–H groups in total. The molecule has 1 fully saturated rings. The summed E-state index contributed by atoms with van der Waals surface area (Å²) < 4.78 is 0.969. The summed E-state index contributed by atoms with van der Waals surface area (Å²) in [6, 6.07) is 7.47. The number of carbonyl (C=O) groups excluding carboxylic acids is 2. The fraction of sp³-hybridized carbons (Fsp3) is 0.556. The maximum absolute atomic E-state index is 12.6. The quantitative estimate of drug-likeness (QED) is 0.768. The lowest BCUT2D eigenvalue weighted by Crippen LogP contribution is -2.42. The van der Waals surface area contributed by atoms with Crippen molar-refractivity contribution in [1.82, 2.24) is 14.7 Å². The van der Waals surface area contributed by atoms with E-state index in [2.05, 4.69) is 20.8 Å². The van der Waals surface area contributed by atoms with Gasteiger partial charge in [-0.15, -0.1) is 0 Å². The van der Waals surface area contributed by atoms with Crippen molar-refractivity contribution >= 4 is 27.7 Å². The van der Waals surface area contributed by atoms with E-state index in [9.17, 15) is 9.59 Å². The Hall–Kier alpha value is -1.40. The summed E-state index contributed by atoms with van der Waals surface area (Å²) >= 11 is 3.39. The van der Waals surface area contributed by atoms with Gasteiger partial charge in [-0.1, -0.05) is 15.9 Å². The first-order chi connectivity index (χ1) is 11.5. The van der Waals surface area contributed by atoms with Gasteiger partial charge in [-0.05, 0) is 44.5 Å². The molecular formula is C18H26BrN3O2. The number of halogens is 1. The minimum Gasteiger partial charge on any atom is -0.342 e. The molecule has 0 saturated carbocycles. The van der Waals surface area contributed by atoms with Crippen molar-refractivity contribution in [1.29, 1.82) is 0 Å². The van der Waals surface area contributed by atoms with Crippen LogP contribution in [0.1, 0.15) is 30.6 Å². The topological polar surface area (TPSA) is 43.9 Å². The summed E-state index contributed by atoms with van der Waals surface area (Å²) in [6.07, 6.45) is 0.897. The molecule has 0 bridgehead atoms. The van der Waals surface area contributed by atoms with Crippen LogP contribution in [-0.2, 0) is 4.79 Å². The van der Waals surface area contributed by atoms with Crippen LogP contribution in [0, 0.1) is 0 Å². The van der Waals surface area contributed by atoms with Crippen LogP contribution in [0.2, 0.25) is 0 Å². The van der Waals surface area contributed by atoms with Crippen molar-refractivity contribution in [3.63, 3.8) is 0 Å². The summed E-state index contributed by atoms with van der Waals surface area (Å²) in [4.78, 5) is 30.8. The molecule has 5 nitrogen and oxygen atoms in total. The maximum Gasteiger partial charge on any atom is 0.253 e. The molecule has 132 valence electrons.